The van der Waals surface area contributed by atoms with Gasteiger partial charge in [0.1, 0.15) is 0 Å². The molecule has 1 atom stereocenters. The van der Waals surface area contributed by atoms with Crippen molar-refractivity contribution in [2.75, 3.05) is 31.5 Å². The fourth-order valence-corrected chi connectivity index (χ4v) is 2.60. The number of nitrogens with one attached hydrogen (secondary N) is 1. The first-order valence-corrected chi connectivity index (χ1v) is 7.12. The van der Waals surface area contributed by atoms with E-state index in [-0.39, 0.29) is 0 Å². The van der Waals surface area contributed by atoms with Crippen LogP contribution in [0.4, 0.5) is 5.69 Å². The highest BCUT2D eigenvalue weighted by Crippen LogP contribution is 2.14. The SMILES string of the molecule is Cc1cnccc1NCC(C)CN1CCCCC1. The van der Waals surface area contributed by atoms with Gasteiger partial charge >= 0.3 is 0 Å². The molecule has 18 heavy (non-hydrogen) atoms. The van der Waals surface area contributed by atoms with Crippen molar-refractivity contribution in [3.8, 4) is 0 Å². The largest absolute Gasteiger partial charge is 0.384 e. The van der Waals surface area contributed by atoms with Gasteiger partial charge in [-0.15, -0.1) is 0 Å². The molecule has 0 radical (unpaired) electrons. The Kier molecular flexibility index (Phi) is 5.00. The molecule has 3 heteroatoms. The average Bonchev–Trinajstić information content (AvgIpc) is 2.39. The number of aryl methyl sites for hydroxylation is 1. The highest BCUT2D eigenvalue weighted by atomic mass is 15.1. The zero-order chi connectivity index (χ0) is 12.8. The number of hydrogen-bond donors (Lipinski definition) is 1. The zero-order valence-electron chi connectivity index (χ0n) is 11.7. The molecule has 3 nitrogen and oxygen atoms in total. The molecule has 1 aliphatic heterocycles. The van der Waals surface area contributed by atoms with Crippen LogP contribution in [0.2, 0.25) is 0 Å². The van der Waals surface area contributed by atoms with Crippen molar-refractivity contribution in [1.29, 1.82) is 0 Å². The monoisotopic (exact) mass is 247 g/mol. The van der Waals surface area contributed by atoms with Crippen LogP contribution < -0.4 is 5.32 Å². The topological polar surface area (TPSA) is 28.2 Å². The van der Waals surface area contributed by atoms with Crippen molar-refractivity contribution >= 4 is 5.69 Å². The van der Waals surface area contributed by atoms with Crippen molar-refractivity contribution in [2.45, 2.75) is 33.1 Å². The third-order valence-electron chi connectivity index (χ3n) is 3.68. The van der Waals surface area contributed by atoms with E-state index >= 15 is 0 Å². The van der Waals surface area contributed by atoms with Gasteiger partial charge in [0, 0.05) is 31.2 Å². The van der Waals surface area contributed by atoms with Gasteiger partial charge in [-0.3, -0.25) is 4.98 Å². The minimum atomic E-state index is 0.690. The Bertz CT molecular complexity index is 359. The van der Waals surface area contributed by atoms with Crippen LogP contribution in [0.3, 0.4) is 0 Å². The molecule has 2 heterocycles. The Morgan fingerprint density at radius 3 is 2.83 bits per heavy atom. The fraction of sp³-hybridized carbons (Fsp3) is 0.667. The van der Waals surface area contributed by atoms with Crippen molar-refractivity contribution in [2.24, 2.45) is 5.92 Å². The second-order valence-electron chi connectivity index (χ2n) is 5.54. The van der Waals surface area contributed by atoms with Crippen molar-refractivity contribution in [3.63, 3.8) is 0 Å². The maximum atomic E-state index is 4.12. The van der Waals surface area contributed by atoms with Crippen LogP contribution in [-0.2, 0) is 0 Å². The van der Waals surface area contributed by atoms with Crippen LogP contribution in [0.25, 0.3) is 0 Å². The van der Waals surface area contributed by atoms with Gasteiger partial charge in [-0.1, -0.05) is 13.3 Å². The first-order chi connectivity index (χ1) is 8.75. The summed E-state index contributed by atoms with van der Waals surface area (Å²) in [5.41, 5.74) is 2.44. The van der Waals surface area contributed by atoms with E-state index in [9.17, 15) is 0 Å². The molecule has 0 saturated carbocycles. The second-order valence-corrected chi connectivity index (χ2v) is 5.54. The average molecular weight is 247 g/mol. The summed E-state index contributed by atoms with van der Waals surface area (Å²) in [7, 11) is 0. The quantitative estimate of drug-likeness (QED) is 0.867. The molecule has 100 valence electrons. The standard InChI is InChI=1S/C15H25N3/c1-13(12-18-8-4-3-5-9-18)10-17-15-6-7-16-11-14(15)2/h6-7,11,13H,3-5,8-10,12H2,1-2H3,(H,16,17). The summed E-state index contributed by atoms with van der Waals surface area (Å²) in [6.45, 7) is 9.28. The molecule has 1 fully saturated rings. The Labute approximate surface area is 111 Å². The van der Waals surface area contributed by atoms with Gasteiger partial charge in [-0.2, -0.15) is 0 Å². The molecular weight excluding hydrogens is 222 g/mol. The van der Waals surface area contributed by atoms with E-state index < -0.39 is 0 Å². The number of hydrogen-bond acceptors (Lipinski definition) is 3. The lowest BCUT2D eigenvalue weighted by atomic mass is 10.1. The Hall–Kier alpha value is -1.09. The molecule has 1 aromatic rings. The van der Waals surface area contributed by atoms with Crippen LogP contribution in [-0.4, -0.2) is 36.1 Å². The van der Waals surface area contributed by atoms with Gasteiger partial charge in [0.25, 0.3) is 0 Å². The highest BCUT2D eigenvalue weighted by molar-refractivity contribution is 5.48. The van der Waals surface area contributed by atoms with Crippen molar-refractivity contribution in [1.82, 2.24) is 9.88 Å². The summed E-state index contributed by atoms with van der Waals surface area (Å²) in [5.74, 6) is 0.690. The number of anilines is 1. The lowest BCUT2D eigenvalue weighted by Crippen LogP contribution is -2.35. The van der Waals surface area contributed by atoms with Crippen LogP contribution >= 0.6 is 0 Å². The summed E-state index contributed by atoms with van der Waals surface area (Å²) >= 11 is 0. The number of pyridine rings is 1. The first-order valence-electron chi connectivity index (χ1n) is 7.12. The lowest BCUT2D eigenvalue weighted by molar-refractivity contribution is 0.204. The molecule has 1 aromatic heterocycles. The molecule has 1 N–H and O–H groups in total. The highest BCUT2D eigenvalue weighted by Gasteiger charge is 2.13. The zero-order valence-corrected chi connectivity index (χ0v) is 11.7. The minimum absolute atomic E-state index is 0.690. The second kappa shape index (κ2) is 6.74. The van der Waals surface area contributed by atoms with E-state index in [1.165, 1.54) is 50.1 Å². The Balaban J connectivity index is 1.74. The van der Waals surface area contributed by atoms with Crippen LogP contribution in [0.5, 0.6) is 0 Å². The molecule has 1 aliphatic rings. The molecule has 0 amide bonds. The summed E-state index contributed by atoms with van der Waals surface area (Å²) in [6.07, 6.45) is 7.94. The van der Waals surface area contributed by atoms with E-state index in [1.54, 1.807) is 0 Å². The van der Waals surface area contributed by atoms with Gasteiger partial charge in [-0.05, 0) is 50.4 Å². The predicted octanol–water partition coefficient (Wildman–Crippen LogP) is 2.92. The van der Waals surface area contributed by atoms with Crippen LogP contribution in [0, 0.1) is 12.8 Å². The Morgan fingerprint density at radius 1 is 1.33 bits per heavy atom. The smallest absolute Gasteiger partial charge is 0.0400 e. The minimum Gasteiger partial charge on any atom is -0.384 e. The lowest BCUT2D eigenvalue weighted by Gasteiger charge is -2.29. The maximum absolute atomic E-state index is 4.12. The third kappa shape index (κ3) is 3.98. The van der Waals surface area contributed by atoms with Crippen LogP contribution in [0.1, 0.15) is 31.7 Å². The molecule has 0 aliphatic carbocycles. The van der Waals surface area contributed by atoms with Gasteiger partial charge < -0.3 is 10.2 Å². The van der Waals surface area contributed by atoms with Crippen molar-refractivity contribution < 1.29 is 0 Å². The molecule has 0 spiro atoms. The molecule has 1 unspecified atom stereocenters. The number of likely N-dealkylation sites (tertiary alicyclic amines) is 1. The van der Waals surface area contributed by atoms with E-state index in [1.807, 2.05) is 12.4 Å². The number of piperidine rings is 1. The molecule has 2 rings (SSSR count). The molecule has 0 bridgehead atoms. The van der Waals surface area contributed by atoms with Gasteiger partial charge in [0.05, 0.1) is 0 Å². The van der Waals surface area contributed by atoms with Crippen molar-refractivity contribution in [3.05, 3.63) is 24.0 Å². The molecule has 1 saturated heterocycles. The molecule has 0 aromatic carbocycles. The normalized spacial score (nSPS) is 18.6. The van der Waals surface area contributed by atoms with E-state index in [0.29, 0.717) is 5.92 Å². The third-order valence-corrected chi connectivity index (χ3v) is 3.68. The van der Waals surface area contributed by atoms with Gasteiger partial charge in [0.2, 0.25) is 0 Å². The molecular formula is C15H25N3. The maximum Gasteiger partial charge on any atom is 0.0400 e. The summed E-state index contributed by atoms with van der Waals surface area (Å²) < 4.78 is 0. The number of rotatable bonds is 5. The van der Waals surface area contributed by atoms with E-state index in [0.717, 1.165) is 6.54 Å². The summed E-state index contributed by atoms with van der Waals surface area (Å²) in [5, 5.41) is 3.54. The number of aromatic nitrogens is 1. The summed E-state index contributed by atoms with van der Waals surface area (Å²) in [6, 6.07) is 2.06. The summed E-state index contributed by atoms with van der Waals surface area (Å²) in [4.78, 5) is 6.72. The predicted molar refractivity (Wildman–Crippen MR) is 76.9 cm³/mol. The van der Waals surface area contributed by atoms with Crippen LogP contribution in [0.15, 0.2) is 18.5 Å². The van der Waals surface area contributed by atoms with E-state index in [2.05, 4.69) is 35.1 Å². The first kappa shape index (κ1) is 13.3. The number of nitrogens with zero attached hydrogens (tertiary/aromatic N) is 2. The Morgan fingerprint density at radius 2 is 2.11 bits per heavy atom. The van der Waals surface area contributed by atoms with Gasteiger partial charge in [-0.25, -0.2) is 0 Å². The fourth-order valence-electron chi connectivity index (χ4n) is 2.60. The van der Waals surface area contributed by atoms with Gasteiger partial charge in [0.15, 0.2) is 0 Å². The van der Waals surface area contributed by atoms with E-state index in [4.69, 9.17) is 0 Å².